The summed E-state index contributed by atoms with van der Waals surface area (Å²) >= 11 is 0. The molecule has 0 radical (unpaired) electrons. The van der Waals surface area contributed by atoms with E-state index in [1.165, 1.54) is 18.5 Å². The summed E-state index contributed by atoms with van der Waals surface area (Å²) in [6.07, 6.45) is -3.63. The average Bonchev–Trinajstić information content (AvgIpc) is 2.84. The Balaban J connectivity index is 2.01. The molecule has 0 saturated carbocycles. The van der Waals surface area contributed by atoms with Crippen molar-refractivity contribution in [3.63, 3.8) is 0 Å². The predicted molar refractivity (Wildman–Crippen MR) is 97.6 cm³/mol. The van der Waals surface area contributed by atoms with E-state index in [-0.39, 0.29) is 29.1 Å². The first-order chi connectivity index (χ1) is 12.9. The van der Waals surface area contributed by atoms with Crippen molar-refractivity contribution in [1.29, 1.82) is 0 Å². The SMILES string of the molecule is Cc1nn(C)c(C)c1C(NC(=O)NC1CCN(C(=O)C(C)C)CC1)C(F)(F)F. The van der Waals surface area contributed by atoms with Gasteiger partial charge in [-0.3, -0.25) is 9.48 Å². The Morgan fingerprint density at radius 2 is 1.75 bits per heavy atom. The molecule has 1 fully saturated rings. The quantitative estimate of drug-likeness (QED) is 0.811. The number of halogens is 3. The number of aromatic nitrogens is 2. The minimum Gasteiger partial charge on any atom is -0.342 e. The number of urea groups is 1. The van der Waals surface area contributed by atoms with Crippen molar-refractivity contribution < 1.29 is 22.8 Å². The lowest BCUT2D eigenvalue weighted by atomic mass is 10.0. The highest BCUT2D eigenvalue weighted by atomic mass is 19.4. The maximum Gasteiger partial charge on any atom is 0.413 e. The van der Waals surface area contributed by atoms with Crippen molar-refractivity contribution in [3.8, 4) is 0 Å². The number of hydrogen-bond acceptors (Lipinski definition) is 3. The van der Waals surface area contributed by atoms with Gasteiger partial charge in [0.25, 0.3) is 0 Å². The van der Waals surface area contributed by atoms with Crippen LogP contribution in [0.2, 0.25) is 0 Å². The van der Waals surface area contributed by atoms with Gasteiger partial charge in [0.1, 0.15) is 0 Å². The number of hydrogen-bond donors (Lipinski definition) is 2. The fourth-order valence-electron chi connectivity index (χ4n) is 3.49. The molecule has 1 aliphatic heterocycles. The molecule has 10 heteroatoms. The molecule has 1 unspecified atom stereocenters. The molecule has 2 N–H and O–H groups in total. The van der Waals surface area contributed by atoms with E-state index in [2.05, 4.69) is 15.7 Å². The highest BCUT2D eigenvalue weighted by Crippen LogP contribution is 2.35. The number of piperidine rings is 1. The number of aryl methyl sites for hydroxylation is 2. The van der Waals surface area contributed by atoms with Crippen molar-refractivity contribution in [1.82, 2.24) is 25.3 Å². The van der Waals surface area contributed by atoms with Gasteiger partial charge in [0, 0.05) is 43.4 Å². The summed E-state index contributed by atoms with van der Waals surface area (Å²) in [5.74, 6) is -0.0612. The van der Waals surface area contributed by atoms with E-state index in [1.807, 2.05) is 13.8 Å². The first-order valence-electron chi connectivity index (χ1n) is 9.34. The number of amides is 3. The summed E-state index contributed by atoms with van der Waals surface area (Å²) in [4.78, 5) is 26.0. The van der Waals surface area contributed by atoms with Crippen LogP contribution in [0, 0.1) is 19.8 Å². The van der Waals surface area contributed by atoms with Gasteiger partial charge < -0.3 is 15.5 Å². The lowest BCUT2D eigenvalue weighted by Crippen LogP contribution is -2.51. The number of alkyl halides is 3. The summed E-state index contributed by atoms with van der Waals surface area (Å²) in [5.41, 5.74) is 0.534. The summed E-state index contributed by atoms with van der Waals surface area (Å²) in [6, 6.07) is -3.29. The van der Waals surface area contributed by atoms with Crippen molar-refractivity contribution in [2.75, 3.05) is 13.1 Å². The molecule has 2 rings (SSSR count). The molecule has 0 spiro atoms. The molecule has 1 aliphatic rings. The number of nitrogens with zero attached hydrogens (tertiary/aromatic N) is 3. The van der Waals surface area contributed by atoms with Gasteiger partial charge >= 0.3 is 12.2 Å². The Kier molecular flexibility index (Phi) is 6.61. The summed E-state index contributed by atoms with van der Waals surface area (Å²) < 4.78 is 42.2. The second kappa shape index (κ2) is 8.40. The van der Waals surface area contributed by atoms with Gasteiger partial charge in [0.05, 0.1) is 5.69 Å². The van der Waals surface area contributed by atoms with Crippen LogP contribution >= 0.6 is 0 Å². The Morgan fingerprint density at radius 1 is 1.18 bits per heavy atom. The van der Waals surface area contributed by atoms with Crippen LogP contribution in [0.5, 0.6) is 0 Å². The van der Waals surface area contributed by atoms with Crippen LogP contribution in [0.3, 0.4) is 0 Å². The first kappa shape index (κ1) is 22.0. The second-order valence-electron chi connectivity index (χ2n) is 7.55. The van der Waals surface area contributed by atoms with Crippen molar-refractivity contribution in [2.45, 2.75) is 58.8 Å². The number of carbonyl (C=O) groups is 2. The number of likely N-dealkylation sites (tertiary alicyclic amines) is 1. The molecular formula is C18H28F3N5O2. The average molecular weight is 403 g/mol. The maximum absolute atomic E-state index is 13.6. The molecule has 1 saturated heterocycles. The van der Waals surface area contributed by atoms with Crippen LogP contribution in [0.1, 0.15) is 49.7 Å². The number of nitrogens with one attached hydrogen (secondary N) is 2. The van der Waals surface area contributed by atoms with Crippen molar-refractivity contribution in [3.05, 3.63) is 17.0 Å². The molecule has 0 aliphatic carbocycles. The molecule has 7 nitrogen and oxygen atoms in total. The zero-order valence-corrected chi connectivity index (χ0v) is 16.9. The van der Waals surface area contributed by atoms with Gasteiger partial charge in [0.15, 0.2) is 6.04 Å². The maximum atomic E-state index is 13.6. The smallest absolute Gasteiger partial charge is 0.342 e. The molecular weight excluding hydrogens is 375 g/mol. The van der Waals surface area contributed by atoms with Gasteiger partial charge in [-0.25, -0.2) is 4.79 Å². The molecule has 158 valence electrons. The van der Waals surface area contributed by atoms with E-state index >= 15 is 0 Å². The Hall–Kier alpha value is -2.26. The van der Waals surface area contributed by atoms with Crippen LogP contribution < -0.4 is 10.6 Å². The van der Waals surface area contributed by atoms with Gasteiger partial charge in [-0.1, -0.05) is 13.8 Å². The zero-order chi connectivity index (χ0) is 21.2. The Labute approximate surface area is 162 Å². The van der Waals surface area contributed by atoms with E-state index in [0.717, 1.165) is 0 Å². The zero-order valence-electron chi connectivity index (χ0n) is 16.9. The van der Waals surface area contributed by atoms with E-state index in [0.29, 0.717) is 31.6 Å². The number of rotatable bonds is 4. The van der Waals surface area contributed by atoms with Crippen molar-refractivity contribution in [2.24, 2.45) is 13.0 Å². The fraction of sp³-hybridized carbons (Fsp3) is 0.722. The molecule has 28 heavy (non-hydrogen) atoms. The van der Waals surface area contributed by atoms with Gasteiger partial charge in [-0.15, -0.1) is 0 Å². The van der Waals surface area contributed by atoms with E-state index in [4.69, 9.17) is 0 Å². The largest absolute Gasteiger partial charge is 0.413 e. The van der Waals surface area contributed by atoms with Crippen LogP contribution in [-0.4, -0.2) is 51.9 Å². The third-order valence-corrected chi connectivity index (χ3v) is 5.09. The predicted octanol–water partition coefficient (Wildman–Crippen LogP) is 2.59. The molecule has 3 amide bonds. The molecule has 1 aromatic rings. The molecule has 2 heterocycles. The summed E-state index contributed by atoms with van der Waals surface area (Å²) in [5, 5.41) is 8.68. The van der Waals surface area contributed by atoms with Gasteiger partial charge in [0.2, 0.25) is 5.91 Å². The Bertz CT molecular complexity index is 722. The van der Waals surface area contributed by atoms with Gasteiger partial charge in [-0.2, -0.15) is 18.3 Å². The molecule has 1 aromatic heterocycles. The fourth-order valence-corrected chi connectivity index (χ4v) is 3.49. The molecule has 1 atom stereocenters. The second-order valence-corrected chi connectivity index (χ2v) is 7.55. The molecule has 0 aromatic carbocycles. The lowest BCUT2D eigenvalue weighted by Gasteiger charge is -2.33. The van der Waals surface area contributed by atoms with Crippen LogP contribution in [0.15, 0.2) is 0 Å². The Morgan fingerprint density at radius 3 is 2.18 bits per heavy atom. The van der Waals surface area contributed by atoms with Crippen LogP contribution in [0.4, 0.5) is 18.0 Å². The van der Waals surface area contributed by atoms with E-state index in [1.54, 1.807) is 11.9 Å². The van der Waals surface area contributed by atoms with Crippen LogP contribution in [-0.2, 0) is 11.8 Å². The third kappa shape index (κ3) is 4.96. The lowest BCUT2D eigenvalue weighted by molar-refractivity contribution is -0.155. The van der Waals surface area contributed by atoms with E-state index < -0.39 is 18.2 Å². The summed E-state index contributed by atoms with van der Waals surface area (Å²) in [7, 11) is 1.56. The normalized spacial score (nSPS) is 17.0. The monoisotopic (exact) mass is 403 g/mol. The standard InChI is InChI=1S/C18H28F3N5O2/c1-10(2)16(27)26-8-6-13(7-9-26)22-17(28)23-15(18(19,20)21)14-11(3)24-25(5)12(14)4/h10,13,15H,6-9H2,1-5H3,(H2,22,23,28). The molecule has 0 bridgehead atoms. The van der Waals surface area contributed by atoms with Crippen molar-refractivity contribution >= 4 is 11.9 Å². The first-order valence-corrected chi connectivity index (χ1v) is 9.34. The minimum absolute atomic E-state index is 0.0394. The van der Waals surface area contributed by atoms with Gasteiger partial charge in [-0.05, 0) is 26.7 Å². The highest BCUT2D eigenvalue weighted by Gasteiger charge is 2.44. The summed E-state index contributed by atoms with van der Waals surface area (Å²) in [6.45, 7) is 7.62. The number of carbonyl (C=O) groups excluding carboxylic acids is 2. The van der Waals surface area contributed by atoms with E-state index in [9.17, 15) is 22.8 Å². The topological polar surface area (TPSA) is 79.3 Å². The minimum atomic E-state index is -4.65. The third-order valence-electron chi connectivity index (χ3n) is 5.09. The highest BCUT2D eigenvalue weighted by molar-refractivity contribution is 5.78. The van der Waals surface area contributed by atoms with Crippen LogP contribution in [0.25, 0.3) is 0 Å².